The van der Waals surface area contributed by atoms with Crippen molar-refractivity contribution in [3.63, 3.8) is 0 Å². The number of hydrogen-bond acceptors (Lipinski definition) is 6. The third-order valence-electron chi connectivity index (χ3n) is 3.80. The second kappa shape index (κ2) is 7.82. The van der Waals surface area contributed by atoms with Crippen molar-refractivity contribution < 1.29 is 23.8 Å². The van der Waals surface area contributed by atoms with Crippen molar-refractivity contribution in [3.05, 3.63) is 29.6 Å². The third kappa shape index (κ3) is 5.42. The Morgan fingerprint density at radius 3 is 2.68 bits per heavy atom. The fraction of sp³-hybridized carbons (Fsp3) is 0.611. The van der Waals surface area contributed by atoms with E-state index in [2.05, 4.69) is 4.98 Å². The summed E-state index contributed by atoms with van der Waals surface area (Å²) in [7, 11) is 1.31. The Balaban J connectivity index is 2.02. The zero-order valence-electron chi connectivity index (χ0n) is 15.4. The number of carbonyl (C=O) groups excluding carboxylic acids is 2. The van der Waals surface area contributed by atoms with Crippen LogP contribution in [0.3, 0.4) is 0 Å². The molecule has 0 aromatic carbocycles. The molecule has 1 aromatic heterocycles. The van der Waals surface area contributed by atoms with Crippen LogP contribution in [0, 0.1) is 6.92 Å². The fourth-order valence-electron chi connectivity index (χ4n) is 2.68. The molecule has 7 nitrogen and oxygen atoms in total. The number of pyridine rings is 1. The van der Waals surface area contributed by atoms with Gasteiger partial charge in [0.05, 0.1) is 32.1 Å². The minimum absolute atomic E-state index is 0.278. The van der Waals surface area contributed by atoms with Crippen molar-refractivity contribution in [1.82, 2.24) is 9.88 Å². The maximum absolute atomic E-state index is 12.4. The van der Waals surface area contributed by atoms with E-state index in [1.807, 2.05) is 19.1 Å². The molecule has 0 unspecified atom stereocenters. The fourth-order valence-corrected chi connectivity index (χ4v) is 2.68. The SMILES string of the molecule is COC(=O)[C@@H]1C[C@@H](OCc2cc(C)ccn2)CN1C(=O)OC(C)(C)C. The van der Waals surface area contributed by atoms with Crippen molar-refractivity contribution in [2.45, 2.75) is 58.5 Å². The summed E-state index contributed by atoms with van der Waals surface area (Å²) < 4.78 is 16.1. The maximum atomic E-state index is 12.4. The molecular weight excluding hydrogens is 324 g/mol. The van der Waals surface area contributed by atoms with Gasteiger partial charge in [-0.2, -0.15) is 0 Å². The van der Waals surface area contributed by atoms with E-state index in [-0.39, 0.29) is 12.6 Å². The molecule has 0 aliphatic carbocycles. The summed E-state index contributed by atoms with van der Waals surface area (Å²) in [6.07, 6.45) is 1.28. The summed E-state index contributed by atoms with van der Waals surface area (Å²) in [5.74, 6) is -0.467. The normalized spacial score (nSPS) is 20.4. The minimum Gasteiger partial charge on any atom is -0.467 e. The molecule has 0 saturated carbocycles. The van der Waals surface area contributed by atoms with Crippen LogP contribution in [0.15, 0.2) is 18.3 Å². The second-order valence-electron chi connectivity index (χ2n) is 7.16. The topological polar surface area (TPSA) is 78.0 Å². The summed E-state index contributed by atoms with van der Waals surface area (Å²) in [6, 6.07) is 3.16. The van der Waals surface area contributed by atoms with Crippen LogP contribution in [0.5, 0.6) is 0 Å². The van der Waals surface area contributed by atoms with Gasteiger partial charge in [0.25, 0.3) is 0 Å². The van der Waals surface area contributed by atoms with Crippen LogP contribution in [-0.2, 0) is 25.6 Å². The summed E-state index contributed by atoms with van der Waals surface area (Å²) in [4.78, 5) is 30.0. The first kappa shape index (κ1) is 19.2. The Bertz CT molecular complexity index is 626. The molecule has 0 bridgehead atoms. The molecule has 2 heterocycles. The van der Waals surface area contributed by atoms with Crippen LogP contribution >= 0.6 is 0 Å². The van der Waals surface area contributed by atoms with E-state index in [9.17, 15) is 9.59 Å². The first-order chi connectivity index (χ1) is 11.7. The Kier molecular flexibility index (Phi) is 6.00. The molecule has 1 amide bonds. The van der Waals surface area contributed by atoms with Crippen LogP contribution in [0.2, 0.25) is 0 Å². The van der Waals surface area contributed by atoms with Crippen LogP contribution in [0.1, 0.15) is 38.4 Å². The molecule has 2 atom stereocenters. The minimum atomic E-state index is -0.699. The van der Waals surface area contributed by atoms with E-state index in [0.717, 1.165) is 11.3 Å². The van der Waals surface area contributed by atoms with Gasteiger partial charge in [-0.25, -0.2) is 9.59 Å². The molecule has 1 aliphatic rings. The van der Waals surface area contributed by atoms with Crippen LogP contribution in [0.25, 0.3) is 0 Å². The van der Waals surface area contributed by atoms with Gasteiger partial charge in [-0.1, -0.05) is 0 Å². The zero-order valence-corrected chi connectivity index (χ0v) is 15.4. The average molecular weight is 350 g/mol. The number of esters is 1. The largest absolute Gasteiger partial charge is 0.467 e. The van der Waals surface area contributed by atoms with Crippen LogP contribution < -0.4 is 0 Å². The summed E-state index contributed by atoms with van der Waals surface area (Å²) >= 11 is 0. The smallest absolute Gasteiger partial charge is 0.411 e. The van der Waals surface area contributed by atoms with Crippen LogP contribution in [0.4, 0.5) is 4.79 Å². The highest BCUT2D eigenvalue weighted by molar-refractivity contribution is 5.82. The van der Waals surface area contributed by atoms with Gasteiger partial charge in [-0.15, -0.1) is 0 Å². The molecule has 7 heteroatoms. The third-order valence-corrected chi connectivity index (χ3v) is 3.80. The Hall–Kier alpha value is -2.15. The van der Waals surface area contributed by atoms with Gasteiger partial charge in [0, 0.05) is 12.6 Å². The second-order valence-corrected chi connectivity index (χ2v) is 7.16. The van der Waals surface area contributed by atoms with Crippen molar-refractivity contribution in [2.24, 2.45) is 0 Å². The molecule has 1 saturated heterocycles. The highest BCUT2D eigenvalue weighted by Crippen LogP contribution is 2.24. The van der Waals surface area contributed by atoms with E-state index in [0.29, 0.717) is 13.0 Å². The number of amides is 1. The Morgan fingerprint density at radius 1 is 1.36 bits per heavy atom. The van der Waals surface area contributed by atoms with Gasteiger partial charge in [-0.05, 0) is 45.4 Å². The number of rotatable bonds is 4. The highest BCUT2D eigenvalue weighted by Gasteiger charge is 2.42. The van der Waals surface area contributed by atoms with Gasteiger partial charge < -0.3 is 14.2 Å². The van der Waals surface area contributed by atoms with E-state index in [1.54, 1.807) is 27.0 Å². The van der Waals surface area contributed by atoms with Gasteiger partial charge in [0.15, 0.2) is 0 Å². The van der Waals surface area contributed by atoms with Crippen LogP contribution in [-0.4, -0.2) is 53.3 Å². The van der Waals surface area contributed by atoms with Gasteiger partial charge >= 0.3 is 12.1 Å². The van der Waals surface area contributed by atoms with E-state index >= 15 is 0 Å². The molecule has 2 rings (SSSR count). The number of methoxy groups -OCH3 is 1. The van der Waals surface area contributed by atoms with Gasteiger partial charge in [-0.3, -0.25) is 9.88 Å². The Labute approximate surface area is 148 Å². The number of likely N-dealkylation sites (tertiary alicyclic amines) is 1. The lowest BCUT2D eigenvalue weighted by Gasteiger charge is -2.27. The number of carbonyl (C=O) groups is 2. The predicted molar refractivity (Wildman–Crippen MR) is 90.9 cm³/mol. The molecule has 0 radical (unpaired) electrons. The lowest BCUT2D eigenvalue weighted by molar-refractivity contribution is -0.145. The lowest BCUT2D eigenvalue weighted by atomic mass is 10.2. The molecule has 1 aromatic rings. The highest BCUT2D eigenvalue weighted by atomic mass is 16.6. The predicted octanol–water partition coefficient (Wildman–Crippen LogP) is 2.46. The standard InChI is InChI=1S/C18H26N2O5/c1-12-6-7-19-13(8-12)11-24-14-9-15(16(21)23-5)20(10-14)17(22)25-18(2,3)4/h6-8,14-15H,9-11H2,1-5H3/t14-,15+/m1/s1. The molecule has 138 valence electrons. The molecule has 25 heavy (non-hydrogen) atoms. The van der Waals surface area contributed by atoms with Gasteiger partial charge in [0.1, 0.15) is 11.6 Å². The number of aromatic nitrogens is 1. The first-order valence-corrected chi connectivity index (χ1v) is 8.30. The maximum Gasteiger partial charge on any atom is 0.411 e. The van der Waals surface area contributed by atoms with Crippen molar-refractivity contribution in [1.29, 1.82) is 0 Å². The van der Waals surface area contributed by atoms with Crippen molar-refractivity contribution in [3.8, 4) is 0 Å². The van der Waals surface area contributed by atoms with Gasteiger partial charge in [0.2, 0.25) is 0 Å². The van der Waals surface area contributed by atoms with E-state index in [4.69, 9.17) is 14.2 Å². The lowest BCUT2D eigenvalue weighted by Crippen LogP contribution is -2.44. The molecular formula is C18H26N2O5. The summed E-state index contributed by atoms with van der Waals surface area (Å²) in [5, 5.41) is 0. The first-order valence-electron chi connectivity index (χ1n) is 8.30. The average Bonchev–Trinajstić information content (AvgIpc) is 2.95. The van der Waals surface area contributed by atoms with Crippen molar-refractivity contribution >= 4 is 12.1 Å². The quantitative estimate of drug-likeness (QED) is 0.776. The number of aryl methyl sites for hydroxylation is 1. The summed E-state index contributed by atoms with van der Waals surface area (Å²) in [5.41, 5.74) is 1.27. The van der Waals surface area contributed by atoms with E-state index in [1.165, 1.54) is 12.0 Å². The molecule has 0 N–H and O–H groups in total. The Morgan fingerprint density at radius 2 is 2.08 bits per heavy atom. The molecule has 1 aliphatic heterocycles. The monoisotopic (exact) mass is 350 g/mol. The number of nitrogens with zero attached hydrogens (tertiary/aromatic N) is 2. The molecule has 1 fully saturated rings. The number of ether oxygens (including phenoxy) is 3. The van der Waals surface area contributed by atoms with Crippen molar-refractivity contribution in [2.75, 3.05) is 13.7 Å². The zero-order chi connectivity index (χ0) is 18.6. The summed E-state index contributed by atoms with van der Waals surface area (Å²) in [6.45, 7) is 7.93. The van der Waals surface area contributed by atoms with E-state index < -0.39 is 23.7 Å². The number of hydrogen-bond donors (Lipinski definition) is 0. The molecule has 0 spiro atoms.